The smallest absolute Gasteiger partial charge is 0.409 e. The van der Waals surface area contributed by atoms with Gasteiger partial charge in [-0.1, -0.05) is 62.9 Å². The Hall–Kier alpha value is -2.28. The van der Waals surface area contributed by atoms with Crippen LogP contribution in [0.5, 0.6) is 5.75 Å². The van der Waals surface area contributed by atoms with Crippen molar-refractivity contribution < 1.29 is 22.7 Å². The summed E-state index contributed by atoms with van der Waals surface area (Å²) in [6, 6.07) is 8.22. The summed E-state index contributed by atoms with van der Waals surface area (Å²) in [5.74, 6) is 0.0353. The average Bonchev–Trinajstić information content (AvgIpc) is 2.95. The van der Waals surface area contributed by atoms with Gasteiger partial charge in [0.05, 0.1) is 12.0 Å². The summed E-state index contributed by atoms with van der Waals surface area (Å²) in [7, 11) is 0. The van der Waals surface area contributed by atoms with E-state index in [1.54, 1.807) is 44.2 Å². The average molecular weight is 437 g/mol. The number of fused-ring (bicyclic) bond motifs is 1. The lowest BCUT2D eigenvalue weighted by Crippen LogP contribution is -2.43. The number of nitrogens with zero attached hydrogens (tertiary/aromatic N) is 1. The van der Waals surface area contributed by atoms with Crippen molar-refractivity contribution in [3.8, 4) is 5.75 Å². The van der Waals surface area contributed by atoms with Crippen LogP contribution in [0.1, 0.15) is 64.5 Å². The van der Waals surface area contributed by atoms with E-state index in [4.69, 9.17) is 4.74 Å². The number of halogens is 3. The molecule has 1 fully saturated rings. The molecule has 2 aromatic rings. The Morgan fingerprint density at radius 3 is 2.39 bits per heavy atom. The van der Waals surface area contributed by atoms with Crippen LogP contribution >= 0.6 is 0 Å². The van der Waals surface area contributed by atoms with Crippen molar-refractivity contribution >= 4 is 16.7 Å². The lowest BCUT2D eigenvalue weighted by molar-refractivity contribution is -0.191. The van der Waals surface area contributed by atoms with Crippen molar-refractivity contribution in [2.24, 2.45) is 5.41 Å². The molecule has 31 heavy (non-hydrogen) atoms. The maximum absolute atomic E-state index is 14.3. The predicted octanol–water partition coefficient (Wildman–Crippen LogP) is 6.17. The summed E-state index contributed by atoms with van der Waals surface area (Å²) in [6.07, 6.45) is 0.763. The van der Waals surface area contributed by atoms with Crippen molar-refractivity contribution in [3.05, 3.63) is 42.0 Å². The molecule has 1 saturated heterocycles. The first-order valence-electron chi connectivity index (χ1n) is 10.9. The van der Waals surface area contributed by atoms with E-state index in [1.807, 2.05) is 0 Å². The minimum Gasteiger partial charge on any atom is -0.493 e. The van der Waals surface area contributed by atoms with E-state index in [9.17, 15) is 18.0 Å². The summed E-state index contributed by atoms with van der Waals surface area (Å²) in [6.45, 7) is 5.86. The van der Waals surface area contributed by atoms with Crippen LogP contribution in [0.15, 0.2) is 36.4 Å². The van der Waals surface area contributed by atoms with E-state index in [-0.39, 0.29) is 12.1 Å². The first-order valence-corrected chi connectivity index (χ1v) is 10.9. The largest absolute Gasteiger partial charge is 0.493 e. The zero-order valence-electron chi connectivity index (χ0n) is 18.4. The summed E-state index contributed by atoms with van der Waals surface area (Å²) in [4.78, 5) is 12.2. The molecule has 1 aliphatic rings. The van der Waals surface area contributed by atoms with E-state index >= 15 is 0 Å². The molecule has 1 N–H and O–H groups in total. The Morgan fingerprint density at radius 1 is 1.10 bits per heavy atom. The number of hydrogen-bond donors (Lipinski definition) is 1. The molecule has 1 atom stereocenters. The Morgan fingerprint density at radius 2 is 1.77 bits per heavy atom. The molecule has 2 aromatic carbocycles. The molecule has 0 saturated carbocycles. The molecule has 1 unspecified atom stereocenters. The number of hydrogen-bond acceptors (Lipinski definition) is 3. The Labute approximate surface area is 181 Å². The van der Waals surface area contributed by atoms with Gasteiger partial charge in [-0.2, -0.15) is 13.2 Å². The van der Waals surface area contributed by atoms with Gasteiger partial charge in [-0.3, -0.25) is 10.2 Å². The zero-order valence-corrected chi connectivity index (χ0v) is 18.4. The summed E-state index contributed by atoms with van der Waals surface area (Å²) < 4.78 is 48.8. The molecule has 0 radical (unpaired) electrons. The first kappa shape index (κ1) is 23.4. The third-order valence-electron chi connectivity index (χ3n) is 5.75. The maximum atomic E-state index is 14.3. The van der Waals surface area contributed by atoms with Gasteiger partial charge >= 0.3 is 6.18 Å². The van der Waals surface area contributed by atoms with Crippen LogP contribution in [0.3, 0.4) is 0 Å². The highest BCUT2D eigenvalue weighted by atomic mass is 19.4. The summed E-state index contributed by atoms with van der Waals surface area (Å²) in [5, 5.41) is 2.14. The van der Waals surface area contributed by atoms with E-state index in [0.29, 0.717) is 23.1 Å². The lowest BCUT2D eigenvalue weighted by Gasteiger charge is -2.31. The highest BCUT2D eigenvalue weighted by Gasteiger charge is 2.51. The molecule has 170 valence electrons. The van der Waals surface area contributed by atoms with Gasteiger partial charge in [0, 0.05) is 11.9 Å². The number of hydrazine groups is 1. The van der Waals surface area contributed by atoms with Crippen molar-refractivity contribution in [1.82, 2.24) is 10.4 Å². The van der Waals surface area contributed by atoms with Gasteiger partial charge in [0.2, 0.25) is 5.91 Å². The van der Waals surface area contributed by atoms with Gasteiger partial charge < -0.3 is 4.74 Å². The second kappa shape index (κ2) is 9.47. The molecule has 0 aromatic heterocycles. The van der Waals surface area contributed by atoms with Crippen LogP contribution < -0.4 is 10.2 Å². The Kier molecular flexibility index (Phi) is 7.14. The lowest BCUT2D eigenvalue weighted by atomic mass is 9.93. The molecule has 1 aliphatic heterocycles. The van der Waals surface area contributed by atoms with Crippen LogP contribution in [-0.4, -0.2) is 30.2 Å². The van der Waals surface area contributed by atoms with Crippen LogP contribution in [-0.2, 0) is 4.79 Å². The van der Waals surface area contributed by atoms with Crippen LogP contribution in [0.25, 0.3) is 10.8 Å². The number of benzene rings is 2. The second-order valence-corrected chi connectivity index (χ2v) is 8.86. The number of unbranched alkanes of at least 4 members (excludes halogenated alkanes) is 4. The SMILES string of the molecule is CCCCCCCOc1cccc2cccc(C(N3CC(C)(C)C(=O)N3)C(F)(F)F)c12. The van der Waals surface area contributed by atoms with E-state index in [2.05, 4.69) is 12.3 Å². The summed E-state index contributed by atoms with van der Waals surface area (Å²) in [5.41, 5.74) is 1.63. The number of carbonyl (C=O) groups is 1. The van der Waals surface area contributed by atoms with Gasteiger partial charge in [0.25, 0.3) is 0 Å². The normalized spacial score (nSPS) is 17.7. The van der Waals surface area contributed by atoms with Crippen molar-refractivity contribution in [1.29, 1.82) is 0 Å². The minimum absolute atomic E-state index is 0.0349. The van der Waals surface area contributed by atoms with Crippen molar-refractivity contribution in [2.45, 2.75) is 65.1 Å². The molecular weight excluding hydrogens is 405 g/mol. The standard InChI is InChI=1S/C24H31F3N2O2/c1-4-5-6-7-8-15-31-19-14-10-12-17-11-9-13-18(20(17)19)21(24(25,26)27)29-16-23(2,3)22(30)28-29/h9-14,21H,4-8,15-16H2,1-3H3,(H,28,30). The van der Waals surface area contributed by atoms with E-state index < -0.39 is 23.5 Å². The maximum Gasteiger partial charge on any atom is 0.409 e. The molecule has 0 aliphatic carbocycles. The number of nitrogens with one attached hydrogen (secondary N) is 1. The molecule has 7 heteroatoms. The number of alkyl halides is 3. The van der Waals surface area contributed by atoms with Gasteiger partial charge in [-0.05, 0) is 37.3 Å². The second-order valence-electron chi connectivity index (χ2n) is 8.86. The van der Waals surface area contributed by atoms with Gasteiger partial charge in [0.1, 0.15) is 5.75 Å². The first-order chi connectivity index (χ1) is 14.6. The topological polar surface area (TPSA) is 41.6 Å². The summed E-state index contributed by atoms with van der Waals surface area (Å²) >= 11 is 0. The fourth-order valence-corrected chi connectivity index (χ4v) is 4.07. The number of rotatable bonds is 9. The minimum atomic E-state index is -4.57. The van der Waals surface area contributed by atoms with Crippen LogP contribution in [0.4, 0.5) is 13.2 Å². The Balaban J connectivity index is 1.95. The van der Waals surface area contributed by atoms with Crippen molar-refractivity contribution in [2.75, 3.05) is 13.2 Å². The van der Waals surface area contributed by atoms with Crippen LogP contribution in [0.2, 0.25) is 0 Å². The fourth-order valence-electron chi connectivity index (χ4n) is 4.07. The van der Waals surface area contributed by atoms with Gasteiger partial charge in [-0.25, -0.2) is 5.01 Å². The van der Waals surface area contributed by atoms with E-state index in [1.165, 1.54) is 12.5 Å². The molecular formula is C24H31F3N2O2. The number of carbonyl (C=O) groups excluding carboxylic acids is 1. The van der Waals surface area contributed by atoms with Gasteiger partial charge in [-0.15, -0.1) is 0 Å². The third-order valence-corrected chi connectivity index (χ3v) is 5.75. The fraction of sp³-hybridized carbons (Fsp3) is 0.542. The quantitative estimate of drug-likeness (QED) is 0.478. The Bertz CT molecular complexity index is 906. The van der Waals surface area contributed by atoms with E-state index in [0.717, 1.165) is 30.7 Å². The molecule has 1 heterocycles. The molecule has 3 rings (SSSR count). The number of amides is 1. The molecule has 0 bridgehead atoms. The highest BCUT2D eigenvalue weighted by Crippen LogP contribution is 2.44. The molecule has 0 spiro atoms. The monoisotopic (exact) mass is 436 g/mol. The van der Waals surface area contributed by atoms with Crippen molar-refractivity contribution in [3.63, 3.8) is 0 Å². The zero-order chi connectivity index (χ0) is 22.6. The predicted molar refractivity (Wildman–Crippen MR) is 116 cm³/mol. The molecule has 4 nitrogen and oxygen atoms in total. The highest BCUT2D eigenvalue weighted by molar-refractivity contribution is 5.92. The third kappa shape index (κ3) is 5.32. The number of ether oxygens (including phenoxy) is 1. The van der Waals surface area contributed by atoms with Gasteiger partial charge in [0.15, 0.2) is 6.04 Å². The molecule has 1 amide bonds. The van der Waals surface area contributed by atoms with Crippen LogP contribution in [0, 0.1) is 5.41 Å².